The van der Waals surface area contributed by atoms with E-state index in [0.29, 0.717) is 0 Å². The third kappa shape index (κ3) is 1.33. The van der Waals surface area contributed by atoms with E-state index in [0.717, 1.165) is 12.8 Å². The summed E-state index contributed by atoms with van der Waals surface area (Å²) in [4.78, 5) is 0.284. The molecule has 0 aliphatic heterocycles. The van der Waals surface area contributed by atoms with Crippen molar-refractivity contribution in [2.24, 2.45) is 10.8 Å². The number of alkyl halides is 4. The van der Waals surface area contributed by atoms with Gasteiger partial charge in [0, 0.05) is 15.7 Å². The fourth-order valence-electron chi connectivity index (χ4n) is 3.36. The van der Waals surface area contributed by atoms with Crippen molar-refractivity contribution in [2.75, 3.05) is 0 Å². The molecule has 5 heteroatoms. The summed E-state index contributed by atoms with van der Waals surface area (Å²) in [6.07, 6.45) is 1.81. The summed E-state index contributed by atoms with van der Waals surface area (Å²) in [7, 11) is 0. The first-order valence-electron chi connectivity index (χ1n) is 5.00. The Bertz CT molecular complexity index is 293. The molecule has 0 saturated heterocycles. The third-order valence-electron chi connectivity index (χ3n) is 4.52. The highest BCUT2D eigenvalue weighted by Gasteiger charge is 2.75. The molecule has 0 aromatic heterocycles. The van der Waals surface area contributed by atoms with E-state index in [4.69, 9.17) is 0 Å². The van der Waals surface area contributed by atoms with Crippen LogP contribution in [0.1, 0.15) is 26.7 Å². The lowest BCUT2D eigenvalue weighted by Crippen LogP contribution is -2.48. The first-order valence-corrected chi connectivity index (χ1v) is 8.54. The largest absolute Gasteiger partial charge is 0.391 e. The van der Waals surface area contributed by atoms with Crippen LogP contribution in [0.15, 0.2) is 0 Å². The van der Waals surface area contributed by atoms with Gasteiger partial charge in [-0.05, 0) is 12.8 Å². The predicted molar refractivity (Wildman–Crippen MR) is 77.5 cm³/mol. The fraction of sp³-hybridized carbons (Fsp3) is 1.00. The second-order valence-corrected chi connectivity index (χ2v) is 10.7. The van der Waals surface area contributed by atoms with Crippen LogP contribution in [-0.2, 0) is 0 Å². The molecule has 4 atom stereocenters. The molecule has 0 heterocycles. The zero-order valence-electron chi connectivity index (χ0n) is 8.61. The van der Waals surface area contributed by atoms with Gasteiger partial charge in [-0.2, -0.15) is 0 Å². The minimum absolute atomic E-state index is 0.0515. The first-order chi connectivity index (χ1) is 6.71. The number of rotatable bonds is 1. The van der Waals surface area contributed by atoms with Crippen LogP contribution in [0.2, 0.25) is 0 Å². The average molecular weight is 470 g/mol. The number of halogens is 4. The van der Waals surface area contributed by atoms with E-state index >= 15 is 0 Å². The van der Waals surface area contributed by atoms with Crippen molar-refractivity contribution >= 4 is 63.7 Å². The van der Waals surface area contributed by atoms with Crippen LogP contribution in [0, 0.1) is 10.8 Å². The van der Waals surface area contributed by atoms with E-state index in [1.165, 1.54) is 0 Å². The van der Waals surface area contributed by atoms with Crippen LogP contribution in [-0.4, -0.2) is 24.1 Å². The average Bonchev–Trinajstić information content (AvgIpc) is 2.45. The molecule has 0 spiro atoms. The van der Waals surface area contributed by atoms with Gasteiger partial charge in [0.1, 0.15) is 0 Å². The lowest BCUT2D eigenvalue weighted by molar-refractivity contribution is -0.0213. The van der Waals surface area contributed by atoms with Crippen molar-refractivity contribution in [3.63, 3.8) is 0 Å². The molecular weight excluding hydrogens is 456 g/mol. The number of fused-ring (bicyclic) bond motifs is 2. The Balaban J connectivity index is 2.56. The summed E-state index contributed by atoms with van der Waals surface area (Å²) in [6, 6.07) is 0. The van der Waals surface area contributed by atoms with Gasteiger partial charge in [0.15, 0.2) is 0 Å². The summed E-state index contributed by atoms with van der Waals surface area (Å²) in [5, 5.41) is 10.5. The number of hydrogen-bond acceptors (Lipinski definition) is 1. The molecule has 2 bridgehead atoms. The van der Waals surface area contributed by atoms with Gasteiger partial charge in [-0.25, -0.2) is 0 Å². The molecule has 0 aromatic carbocycles. The van der Waals surface area contributed by atoms with Crippen LogP contribution < -0.4 is 0 Å². The highest BCUT2D eigenvalue weighted by molar-refractivity contribution is 9.24. The highest BCUT2D eigenvalue weighted by Crippen LogP contribution is 2.73. The number of aliphatic hydroxyl groups is 1. The molecule has 2 rings (SSSR count). The van der Waals surface area contributed by atoms with Crippen molar-refractivity contribution in [1.29, 1.82) is 0 Å². The Labute approximate surface area is 124 Å². The summed E-state index contributed by atoms with van der Waals surface area (Å²) in [5.74, 6) is 0. The summed E-state index contributed by atoms with van der Waals surface area (Å²) < 4.78 is 0.0458. The minimum Gasteiger partial charge on any atom is -0.391 e. The third-order valence-corrected chi connectivity index (χ3v) is 9.69. The lowest BCUT2D eigenvalue weighted by Gasteiger charge is -2.46. The SMILES string of the molecule is CC1(C)[C@H](O)[C@@]2(Br)CC[C@]1(C(Br)Br)[C@@H]2Br. The second kappa shape index (κ2) is 3.69. The normalized spacial score (nSPS) is 52.8. The van der Waals surface area contributed by atoms with Crippen LogP contribution in [0.3, 0.4) is 0 Å². The van der Waals surface area contributed by atoms with Crippen molar-refractivity contribution in [3.05, 3.63) is 0 Å². The molecule has 0 unspecified atom stereocenters. The van der Waals surface area contributed by atoms with Crippen LogP contribution in [0.4, 0.5) is 0 Å². The number of aliphatic hydroxyl groups excluding tert-OH is 1. The van der Waals surface area contributed by atoms with E-state index in [1.807, 2.05) is 0 Å². The summed E-state index contributed by atoms with van der Waals surface area (Å²) in [6.45, 7) is 4.31. The Morgan fingerprint density at radius 1 is 1.27 bits per heavy atom. The molecular formula is C10H14Br4O. The van der Waals surface area contributed by atoms with E-state index in [2.05, 4.69) is 77.6 Å². The van der Waals surface area contributed by atoms with Crippen molar-refractivity contribution in [1.82, 2.24) is 0 Å². The topological polar surface area (TPSA) is 20.2 Å². The van der Waals surface area contributed by atoms with E-state index in [9.17, 15) is 5.11 Å². The summed E-state index contributed by atoms with van der Waals surface area (Å²) >= 11 is 14.9. The quantitative estimate of drug-likeness (QED) is 0.571. The van der Waals surface area contributed by atoms with Gasteiger partial charge in [0.2, 0.25) is 0 Å². The van der Waals surface area contributed by atoms with Gasteiger partial charge < -0.3 is 5.11 Å². The standard InChI is InChI=1S/C10H14Br4O/c1-8(2)6(15)10(14)4-3-9(8,5(10)11)7(12)13/h5-7,15H,3-4H2,1-2H3/t5-,6-,9+,10+/m0/s1. The van der Waals surface area contributed by atoms with Gasteiger partial charge in [-0.3, -0.25) is 0 Å². The van der Waals surface area contributed by atoms with Gasteiger partial charge in [-0.1, -0.05) is 77.6 Å². The minimum atomic E-state index is -0.319. The Morgan fingerprint density at radius 3 is 2.07 bits per heavy atom. The van der Waals surface area contributed by atoms with E-state index in [-0.39, 0.29) is 29.8 Å². The van der Waals surface area contributed by atoms with Gasteiger partial charge >= 0.3 is 0 Å². The van der Waals surface area contributed by atoms with Crippen molar-refractivity contribution < 1.29 is 5.11 Å². The molecule has 1 N–H and O–H groups in total. The Hall–Kier alpha value is 1.88. The second-order valence-electron chi connectivity index (χ2n) is 5.25. The van der Waals surface area contributed by atoms with Crippen LogP contribution >= 0.6 is 63.7 Å². The van der Waals surface area contributed by atoms with Gasteiger partial charge in [0.05, 0.1) is 14.2 Å². The molecule has 2 aliphatic rings. The molecule has 15 heavy (non-hydrogen) atoms. The first kappa shape index (κ1) is 13.3. The van der Waals surface area contributed by atoms with Crippen molar-refractivity contribution in [3.8, 4) is 0 Å². The molecule has 0 aromatic rings. The molecule has 2 saturated carbocycles. The lowest BCUT2D eigenvalue weighted by atomic mass is 9.65. The maximum absolute atomic E-state index is 10.5. The summed E-state index contributed by atoms with van der Waals surface area (Å²) in [5.41, 5.74) is -0.0590. The molecule has 88 valence electrons. The van der Waals surface area contributed by atoms with E-state index in [1.54, 1.807) is 0 Å². The maximum atomic E-state index is 10.5. The Morgan fingerprint density at radius 2 is 1.80 bits per heavy atom. The zero-order valence-corrected chi connectivity index (χ0v) is 14.9. The molecule has 1 nitrogen and oxygen atoms in total. The van der Waals surface area contributed by atoms with E-state index < -0.39 is 0 Å². The maximum Gasteiger partial charge on any atom is 0.0771 e. The van der Waals surface area contributed by atoms with Gasteiger partial charge in [-0.15, -0.1) is 0 Å². The monoisotopic (exact) mass is 466 g/mol. The number of hydrogen-bond donors (Lipinski definition) is 1. The highest BCUT2D eigenvalue weighted by atomic mass is 79.9. The van der Waals surface area contributed by atoms with Crippen molar-refractivity contribution in [2.45, 2.75) is 45.7 Å². The molecule has 0 radical (unpaired) electrons. The predicted octanol–water partition coefficient (Wildman–Crippen LogP) is 4.18. The van der Waals surface area contributed by atoms with Crippen LogP contribution in [0.25, 0.3) is 0 Å². The van der Waals surface area contributed by atoms with Gasteiger partial charge in [0.25, 0.3) is 0 Å². The fourth-order valence-corrected chi connectivity index (χ4v) is 8.98. The molecule has 2 aliphatic carbocycles. The zero-order chi connectivity index (χ0) is 11.6. The molecule has 0 amide bonds. The Kier molecular flexibility index (Phi) is 3.27. The molecule has 2 fully saturated rings. The smallest absolute Gasteiger partial charge is 0.0771 e. The van der Waals surface area contributed by atoms with Crippen LogP contribution in [0.5, 0.6) is 0 Å².